The van der Waals surface area contributed by atoms with E-state index in [2.05, 4.69) is 4.74 Å². The van der Waals surface area contributed by atoms with Crippen LogP contribution in [0.4, 0.5) is 13.2 Å². The molecule has 0 radical (unpaired) electrons. The van der Waals surface area contributed by atoms with Crippen molar-refractivity contribution in [3.63, 3.8) is 0 Å². The lowest BCUT2D eigenvalue weighted by atomic mass is 9.78. The molecule has 0 aromatic heterocycles. The van der Waals surface area contributed by atoms with Gasteiger partial charge in [-0.3, -0.25) is 4.79 Å². The molecule has 0 saturated carbocycles. The molecule has 4 nitrogen and oxygen atoms in total. The van der Waals surface area contributed by atoms with Crippen molar-refractivity contribution in [1.29, 1.82) is 0 Å². The van der Waals surface area contributed by atoms with Crippen LogP contribution in [0.25, 0.3) is 0 Å². The first-order valence-electron chi connectivity index (χ1n) is 8.42. The number of ketones is 1. The Balaban J connectivity index is 1.97. The molecule has 2 aromatic carbocycles. The molecule has 0 bridgehead atoms. The Bertz CT molecular complexity index is 987. The number of hydrogen-bond donors (Lipinski definition) is 0. The Kier molecular flexibility index (Phi) is 5.58. The maximum atomic E-state index is 13.1. The summed E-state index contributed by atoms with van der Waals surface area (Å²) < 4.78 is 48.3. The van der Waals surface area contributed by atoms with Gasteiger partial charge in [0.15, 0.2) is 12.4 Å². The molecule has 0 saturated heterocycles. The average molecular weight is 447 g/mol. The zero-order valence-electron chi connectivity index (χ0n) is 15.3. The highest BCUT2D eigenvalue weighted by Gasteiger charge is 2.45. The van der Waals surface area contributed by atoms with Crippen molar-refractivity contribution >= 4 is 35.0 Å². The van der Waals surface area contributed by atoms with Crippen LogP contribution in [-0.4, -0.2) is 25.5 Å². The van der Waals surface area contributed by atoms with Gasteiger partial charge in [-0.2, -0.15) is 13.2 Å². The van der Waals surface area contributed by atoms with E-state index in [1.165, 1.54) is 25.3 Å². The fraction of sp³-hybridized carbons (Fsp3) is 0.300. The predicted molar refractivity (Wildman–Crippen MR) is 101 cm³/mol. The lowest BCUT2D eigenvalue weighted by Gasteiger charge is -2.23. The number of rotatable bonds is 4. The van der Waals surface area contributed by atoms with E-state index in [1.807, 2.05) is 0 Å². The summed E-state index contributed by atoms with van der Waals surface area (Å²) >= 11 is 12.5. The fourth-order valence-corrected chi connectivity index (χ4v) is 3.84. The number of methoxy groups -OCH3 is 1. The molecule has 154 valence electrons. The van der Waals surface area contributed by atoms with Crippen LogP contribution in [0.5, 0.6) is 5.75 Å². The summed E-state index contributed by atoms with van der Waals surface area (Å²) in [5.41, 5.74) is -0.750. The highest BCUT2D eigenvalue weighted by molar-refractivity contribution is 6.45. The summed E-state index contributed by atoms with van der Waals surface area (Å²) in [6.07, 6.45) is -4.28. The van der Waals surface area contributed by atoms with Crippen LogP contribution in [0, 0.1) is 0 Å². The Morgan fingerprint density at radius 3 is 2.34 bits per heavy atom. The topological polar surface area (TPSA) is 52.6 Å². The van der Waals surface area contributed by atoms with Crippen molar-refractivity contribution in [2.75, 3.05) is 13.7 Å². The van der Waals surface area contributed by atoms with E-state index in [4.69, 9.17) is 27.9 Å². The number of Topliss-reactive ketones (excluding diaryl/α,β-unsaturated/α-hetero) is 1. The quantitative estimate of drug-likeness (QED) is 0.601. The molecule has 0 heterocycles. The Morgan fingerprint density at radius 1 is 1.17 bits per heavy atom. The van der Waals surface area contributed by atoms with Crippen molar-refractivity contribution in [1.82, 2.24) is 0 Å². The van der Waals surface area contributed by atoms with Crippen LogP contribution in [0.15, 0.2) is 30.3 Å². The molecular weight excluding hydrogens is 432 g/mol. The molecule has 3 rings (SSSR count). The molecule has 9 heteroatoms. The molecule has 2 aromatic rings. The zero-order chi connectivity index (χ0) is 21.6. The molecular formula is C20H15Cl2F3O4. The molecule has 1 unspecified atom stereocenters. The first-order valence-corrected chi connectivity index (χ1v) is 9.17. The van der Waals surface area contributed by atoms with E-state index in [0.717, 1.165) is 12.1 Å². The molecule has 0 amide bonds. The SMILES string of the molecule is COC(=O)COc1cc2c(c(Cl)c1Cl)C(=O)C(C)(c1ccc(C(F)(F)F)cc1)C2. The van der Waals surface area contributed by atoms with E-state index in [-0.39, 0.29) is 33.6 Å². The largest absolute Gasteiger partial charge is 0.480 e. The van der Waals surface area contributed by atoms with Crippen molar-refractivity contribution in [3.8, 4) is 5.75 Å². The van der Waals surface area contributed by atoms with Crippen molar-refractivity contribution in [2.24, 2.45) is 0 Å². The third-order valence-corrected chi connectivity index (χ3v) is 5.80. The average Bonchev–Trinajstić information content (AvgIpc) is 2.94. The summed E-state index contributed by atoms with van der Waals surface area (Å²) in [4.78, 5) is 24.4. The van der Waals surface area contributed by atoms with Crippen molar-refractivity contribution in [3.05, 3.63) is 62.6 Å². The number of carbonyl (C=O) groups is 2. The van der Waals surface area contributed by atoms with Crippen LogP contribution in [0.2, 0.25) is 10.0 Å². The summed E-state index contributed by atoms with van der Waals surface area (Å²) in [5, 5.41) is -0.0518. The number of benzene rings is 2. The summed E-state index contributed by atoms with van der Waals surface area (Å²) in [7, 11) is 1.21. The van der Waals surface area contributed by atoms with Gasteiger partial charge in [0, 0.05) is 5.56 Å². The van der Waals surface area contributed by atoms with Gasteiger partial charge in [-0.1, -0.05) is 35.3 Å². The minimum Gasteiger partial charge on any atom is -0.480 e. The molecule has 0 spiro atoms. The van der Waals surface area contributed by atoms with Crippen molar-refractivity contribution < 1.29 is 32.2 Å². The molecule has 1 atom stereocenters. The summed E-state index contributed by atoms with van der Waals surface area (Å²) in [6.45, 7) is 1.24. The molecule has 29 heavy (non-hydrogen) atoms. The van der Waals surface area contributed by atoms with Gasteiger partial charge < -0.3 is 9.47 Å². The second-order valence-electron chi connectivity index (χ2n) is 6.81. The van der Waals surface area contributed by atoms with Gasteiger partial charge in [0.2, 0.25) is 0 Å². The van der Waals surface area contributed by atoms with E-state index >= 15 is 0 Å². The maximum Gasteiger partial charge on any atom is 0.416 e. The number of ether oxygens (including phenoxy) is 2. The van der Waals surface area contributed by atoms with E-state index in [0.29, 0.717) is 11.1 Å². The lowest BCUT2D eigenvalue weighted by Crippen LogP contribution is -2.29. The first-order chi connectivity index (χ1) is 13.5. The Hall–Kier alpha value is -2.25. The molecule has 0 fully saturated rings. The Labute approximate surface area is 174 Å². The van der Waals surface area contributed by atoms with Crippen LogP contribution in [-0.2, 0) is 27.5 Å². The highest BCUT2D eigenvalue weighted by Crippen LogP contribution is 2.47. The van der Waals surface area contributed by atoms with Crippen LogP contribution < -0.4 is 4.74 Å². The number of halogens is 5. The normalized spacial score (nSPS) is 18.5. The van der Waals surface area contributed by atoms with Gasteiger partial charge >= 0.3 is 12.1 Å². The van der Waals surface area contributed by atoms with Crippen LogP contribution >= 0.6 is 23.2 Å². The van der Waals surface area contributed by atoms with E-state index in [9.17, 15) is 22.8 Å². The smallest absolute Gasteiger partial charge is 0.416 e. The highest BCUT2D eigenvalue weighted by atomic mass is 35.5. The lowest BCUT2D eigenvalue weighted by molar-refractivity contribution is -0.143. The van der Waals surface area contributed by atoms with Crippen molar-refractivity contribution in [2.45, 2.75) is 24.9 Å². The summed E-state index contributed by atoms with van der Waals surface area (Å²) in [5.74, 6) is -0.854. The minimum atomic E-state index is -4.47. The van der Waals surface area contributed by atoms with Gasteiger partial charge in [-0.25, -0.2) is 4.79 Å². The molecule has 0 N–H and O–H groups in total. The first kappa shape index (κ1) is 21.5. The summed E-state index contributed by atoms with van der Waals surface area (Å²) in [6, 6.07) is 5.97. The van der Waals surface area contributed by atoms with Crippen LogP contribution in [0.3, 0.4) is 0 Å². The minimum absolute atomic E-state index is 0.0235. The molecule has 1 aliphatic carbocycles. The monoisotopic (exact) mass is 446 g/mol. The third-order valence-electron chi connectivity index (χ3n) is 4.95. The standard InChI is InChI=1S/C20H15Cl2F3O4/c1-19(11-3-5-12(6-4-11)20(23,24)25)8-10-7-13(29-9-14(26)28-2)16(21)17(22)15(10)18(19)27/h3-7H,8-9H2,1-2H3. The fourth-order valence-electron chi connectivity index (χ4n) is 3.34. The zero-order valence-corrected chi connectivity index (χ0v) is 16.8. The van der Waals surface area contributed by atoms with Gasteiger partial charge in [-0.15, -0.1) is 0 Å². The number of hydrogen-bond acceptors (Lipinski definition) is 4. The second-order valence-corrected chi connectivity index (χ2v) is 7.57. The predicted octanol–water partition coefficient (Wildman–Crippen LogP) is 5.26. The number of carbonyl (C=O) groups excluding carboxylic acids is 2. The maximum absolute atomic E-state index is 13.1. The molecule has 1 aliphatic rings. The molecule has 0 aliphatic heterocycles. The second kappa shape index (κ2) is 7.54. The number of esters is 1. The third kappa shape index (κ3) is 3.81. The Morgan fingerprint density at radius 2 is 1.79 bits per heavy atom. The van der Waals surface area contributed by atoms with E-state index < -0.39 is 29.7 Å². The van der Waals surface area contributed by atoms with Gasteiger partial charge in [0.25, 0.3) is 0 Å². The van der Waals surface area contributed by atoms with Gasteiger partial charge in [0.1, 0.15) is 10.8 Å². The number of fused-ring (bicyclic) bond motifs is 1. The van der Waals surface area contributed by atoms with Crippen LogP contribution in [0.1, 0.15) is 34.0 Å². The van der Waals surface area contributed by atoms with Gasteiger partial charge in [0.05, 0.1) is 23.1 Å². The van der Waals surface area contributed by atoms with E-state index in [1.54, 1.807) is 6.92 Å². The number of alkyl halides is 3. The van der Waals surface area contributed by atoms with Gasteiger partial charge in [-0.05, 0) is 42.7 Å².